The summed E-state index contributed by atoms with van der Waals surface area (Å²) in [7, 11) is 0. The highest BCUT2D eigenvalue weighted by molar-refractivity contribution is 5.75. The van der Waals surface area contributed by atoms with Crippen molar-refractivity contribution in [2.24, 2.45) is 5.92 Å². The molecule has 2 rings (SSSR count). The normalized spacial score (nSPS) is 18.6. The van der Waals surface area contributed by atoms with E-state index in [4.69, 9.17) is 11.0 Å². The largest absolute Gasteiger partial charge is 0.399 e. The Balaban J connectivity index is 2.54. The molecule has 4 nitrogen and oxygen atoms in total. The van der Waals surface area contributed by atoms with E-state index in [1.807, 2.05) is 26.0 Å². The second kappa shape index (κ2) is 4.88. The standard InChI is InChI=1S/C15H14N4/c1-9-13(7-16)10(2)19-15(14(9)8-17)11-3-5-12(18)6-4-11/h3-6,9,19H,18H2,1-2H3/t9-/m0/s1. The molecular formula is C15H14N4. The van der Waals surface area contributed by atoms with Gasteiger partial charge in [-0.25, -0.2) is 0 Å². The molecule has 0 spiro atoms. The third-order valence-corrected chi connectivity index (χ3v) is 3.29. The average Bonchev–Trinajstić information content (AvgIpc) is 2.39. The Morgan fingerprint density at radius 1 is 1.11 bits per heavy atom. The Morgan fingerprint density at radius 2 is 1.68 bits per heavy atom. The first-order chi connectivity index (χ1) is 9.08. The van der Waals surface area contributed by atoms with E-state index in [0.29, 0.717) is 16.8 Å². The predicted molar refractivity (Wildman–Crippen MR) is 74.0 cm³/mol. The number of nitrogens with two attached hydrogens (primary N) is 1. The van der Waals surface area contributed by atoms with Crippen molar-refractivity contribution in [2.45, 2.75) is 13.8 Å². The number of rotatable bonds is 1. The SMILES string of the molecule is CC1=C(C#N)[C@H](C)C(C#N)=C(c2ccc(N)cc2)N1. The van der Waals surface area contributed by atoms with Gasteiger partial charge in [-0.15, -0.1) is 0 Å². The third-order valence-electron chi connectivity index (χ3n) is 3.29. The molecule has 0 unspecified atom stereocenters. The number of nitriles is 2. The third kappa shape index (κ3) is 2.17. The number of hydrogen-bond donors (Lipinski definition) is 2. The Hall–Kier alpha value is -2.72. The van der Waals surface area contributed by atoms with Crippen LogP contribution < -0.4 is 11.1 Å². The van der Waals surface area contributed by atoms with Crippen molar-refractivity contribution in [1.82, 2.24) is 5.32 Å². The second-order valence-electron chi connectivity index (χ2n) is 4.52. The van der Waals surface area contributed by atoms with Gasteiger partial charge in [-0.1, -0.05) is 19.1 Å². The number of nitrogens with zero attached hydrogens (tertiary/aromatic N) is 2. The average molecular weight is 250 g/mol. The maximum Gasteiger partial charge on any atom is 0.0975 e. The summed E-state index contributed by atoms with van der Waals surface area (Å²) in [5, 5.41) is 21.6. The lowest BCUT2D eigenvalue weighted by Crippen LogP contribution is -2.23. The minimum absolute atomic E-state index is 0.191. The van der Waals surface area contributed by atoms with Crippen LogP contribution in [0.4, 0.5) is 5.69 Å². The highest BCUT2D eigenvalue weighted by Crippen LogP contribution is 2.32. The molecule has 94 valence electrons. The van der Waals surface area contributed by atoms with E-state index in [0.717, 1.165) is 17.0 Å². The van der Waals surface area contributed by atoms with E-state index in [2.05, 4.69) is 17.5 Å². The Morgan fingerprint density at radius 3 is 2.21 bits per heavy atom. The molecule has 1 heterocycles. The van der Waals surface area contributed by atoms with Crippen LogP contribution in [0.5, 0.6) is 0 Å². The smallest absolute Gasteiger partial charge is 0.0975 e. The van der Waals surface area contributed by atoms with E-state index < -0.39 is 0 Å². The lowest BCUT2D eigenvalue weighted by atomic mass is 9.86. The van der Waals surface area contributed by atoms with Gasteiger partial charge in [0.05, 0.1) is 29.0 Å². The van der Waals surface area contributed by atoms with E-state index in [-0.39, 0.29) is 5.92 Å². The van der Waals surface area contributed by atoms with Crippen LogP contribution in [0.15, 0.2) is 41.1 Å². The van der Waals surface area contributed by atoms with E-state index in [1.165, 1.54) is 0 Å². The molecule has 19 heavy (non-hydrogen) atoms. The molecule has 0 saturated heterocycles. The van der Waals surface area contributed by atoms with Gasteiger partial charge in [0, 0.05) is 17.3 Å². The summed E-state index contributed by atoms with van der Waals surface area (Å²) < 4.78 is 0. The first-order valence-corrected chi connectivity index (χ1v) is 5.96. The van der Waals surface area contributed by atoms with Crippen molar-refractivity contribution in [3.05, 3.63) is 46.7 Å². The molecule has 0 aromatic heterocycles. The molecule has 0 aliphatic carbocycles. The van der Waals surface area contributed by atoms with Crippen LogP contribution in [-0.2, 0) is 0 Å². The van der Waals surface area contributed by atoms with Gasteiger partial charge in [-0.2, -0.15) is 10.5 Å². The molecular weight excluding hydrogens is 236 g/mol. The van der Waals surface area contributed by atoms with Gasteiger partial charge >= 0.3 is 0 Å². The molecule has 3 N–H and O–H groups in total. The van der Waals surface area contributed by atoms with Gasteiger partial charge in [0.25, 0.3) is 0 Å². The van der Waals surface area contributed by atoms with Gasteiger partial charge in [-0.3, -0.25) is 0 Å². The first kappa shape index (κ1) is 12.7. The summed E-state index contributed by atoms with van der Waals surface area (Å²) in [5.41, 5.74) is 9.97. The van der Waals surface area contributed by atoms with Crippen molar-refractivity contribution in [2.75, 3.05) is 5.73 Å². The fourth-order valence-electron chi connectivity index (χ4n) is 2.22. The first-order valence-electron chi connectivity index (χ1n) is 5.96. The van der Waals surface area contributed by atoms with Crippen LogP contribution >= 0.6 is 0 Å². The molecule has 1 atom stereocenters. The zero-order chi connectivity index (χ0) is 14.0. The van der Waals surface area contributed by atoms with Gasteiger partial charge in [-0.05, 0) is 24.6 Å². The zero-order valence-corrected chi connectivity index (χ0v) is 10.9. The fraction of sp³-hybridized carbons (Fsp3) is 0.200. The minimum atomic E-state index is -0.191. The van der Waals surface area contributed by atoms with Crippen molar-refractivity contribution in [3.8, 4) is 12.1 Å². The number of nitrogens with one attached hydrogen (secondary N) is 1. The maximum atomic E-state index is 9.34. The zero-order valence-electron chi connectivity index (χ0n) is 10.9. The number of allylic oxidation sites excluding steroid dienone is 3. The van der Waals surface area contributed by atoms with Crippen molar-refractivity contribution < 1.29 is 0 Å². The topological polar surface area (TPSA) is 85.6 Å². The Labute approximate surface area is 112 Å². The monoisotopic (exact) mass is 250 g/mol. The summed E-state index contributed by atoms with van der Waals surface area (Å²) in [6.07, 6.45) is 0. The van der Waals surface area contributed by atoms with Gasteiger partial charge in [0.15, 0.2) is 0 Å². The molecule has 0 bridgehead atoms. The van der Waals surface area contributed by atoms with Gasteiger partial charge < -0.3 is 11.1 Å². The van der Waals surface area contributed by atoms with Crippen LogP contribution in [0.25, 0.3) is 5.70 Å². The number of dihydropyridines is 1. The van der Waals surface area contributed by atoms with E-state index in [1.54, 1.807) is 12.1 Å². The number of anilines is 1. The minimum Gasteiger partial charge on any atom is -0.399 e. The van der Waals surface area contributed by atoms with Crippen LogP contribution in [0.1, 0.15) is 19.4 Å². The highest BCUT2D eigenvalue weighted by Gasteiger charge is 2.26. The maximum absolute atomic E-state index is 9.34. The lowest BCUT2D eigenvalue weighted by Gasteiger charge is -2.25. The summed E-state index contributed by atoms with van der Waals surface area (Å²) in [5.74, 6) is -0.191. The molecule has 0 radical (unpaired) electrons. The summed E-state index contributed by atoms with van der Waals surface area (Å²) in [6.45, 7) is 3.72. The van der Waals surface area contributed by atoms with Crippen LogP contribution in [0.3, 0.4) is 0 Å². The molecule has 0 fully saturated rings. The van der Waals surface area contributed by atoms with Crippen molar-refractivity contribution in [1.29, 1.82) is 10.5 Å². The van der Waals surface area contributed by atoms with Crippen LogP contribution in [0, 0.1) is 28.6 Å². The molecule has 0 saturated carbocycles. The second-order valence-corrected chi connectivity index (χ2v) is 4.52. The predicted octanol–water partition coefficient (Wildman–Crippen LogP) is 2.54. The van der Waals surface area contributed by atoms with Crippen LogP contribution in [0.2, 0.25) is 0 Å². The summed E-state index contributed by atoms with van der Waals surface area (Å²) in [4.78, 5) is 0. The summed E-state index contributed by atoms with van der Waals surface area (Å²) >= 11 is 0. The summed E-state index contributed by atoms with van der Waals surface area (Å²) in [6, 6.07) is 11.7. The van der Waals surface area contributed by atoms with Crippen molar-refractivity contribution >= 4 is 11.4 Å². The van der Waals surface area contributed by atoms with Gasteiger partial charge in [0.1, 0.15) is 0 Å². The van der Waals surface area contributed by atoms with Gasteiger partial charge in [0.2, 0.25) is 0 Å². The lowest BCUT2D eigenvalue weighted by molar-refractivity contribution is 0.791. The molecule has 1 aliphatic rings. The Bertz CT molecular complexity index is 651. The molecule has 0 amide bonds. The molecule has 1 aromatic carbocycles. The highest BCUT2D eigenvalue weighted by atomic mass is 14.9. The molecule has 1 aliphatic heterocycles. The van der Waals surface area contributed by atoms with E-state index in [9.17, 15) is 5.26 Å². The number of nitrogen functional groups attached to an aromatic ring is 1. The Kier molecular flexibility index (Phi) is 3.27. The van der Waals surface area contributed by atoms with E-state index >= 15 is 0 Å². The number of benzene rings is 1. The van der Waals surface area contributed by atoms with Crippen LogP contribution in [-0.4, -0.2) is 0 Å². The molecule has 1 aromatic rings. The quantitative estimate of drug-likeness (QED) is 0.750. The molecule has 4 heteroatoms. The number of hydrogen-bond acceptors (Lipinski definition) is 4. The van der Waals surface area contributed by atoms with Crippen molar-refractivity contribution in [3.63, 3.8) is 0 Å². The fourth-order valence-corrected chi connectivity index (χ4v) is 2.22.